The summed E-state index contributed by atoms with van der Waals surface area (Å²) in [7, 11) is 3.49. The molecule has 1 aromatic carbocycles. The Morgan fingerprint density at radius 3 is 2.84 bits per heavy atom. The first-order valence-corrected chi connectivity index (χ1v) is 6.81. The summed E-state index contributed by atoms with van der Waals surface area (Å²) in [6.07, 6.45) is 2.30. The molecule has 19 heavy (non-hydrogen) atoms. The molecule has 0 atom stereocenters. The molecule has 1 saturated heterocycles. The maximum atomic E-state index is 12.3. The average Bonchev–Trinajstić information content (AvgIpc) is 2.47. The number of methoxy groups -OCH3 is 1. The molecule has 0 radical (unpaired) electrons. The van der Waals surface area contributed by atoms with Gasteiger partial charge in [0, 0.05) is 19.2 Å². The van der Waals surface area contributed by atoms with E-state index in [1.165, 1.54) is 0 Å². The molecule has 0 unspecified atom stereocenters. The highest BCUT2D eigenvalue weighted by molar-refractivity contribution is 5.94. The number of hydrogen-bond donors (Lipinski definition) is 1. The SMILES string of the molecule is COc1cccc(C(=O)N(C)CC2CCNCC2)c1. The Balaban J connectivity index is 1.97. The van der Waals surface area contributed by atoms with Gasteiger partial charge in [0.25, 0.3) is 5.91 Å². The molecule has 0 saturated carbocycles. The van der Waals surface area contributed by atoms with Gasteiger partial charge < -0.3 is 15.0 Å². The Hall–Kier alpha value is -1.55. The first kappa shape index (κ1) is 13.9. The van der Waals surface area contributed by atoms with Crippen molar-refractivity contribution in [2.75, 3.05) is 33.8 Å². The van der Waals surface area contributed by atoms with Gasteiger partial charge in [-0.3, -0.25) is 4.79 Å². The maximum Gasteiger partial charge on any atom is 0.253 e. The highest BCUT2D eigenvalue weighted by Crippen LogP contribution is 2.17. The molecule has 1 aliphatic rings. The second-order valence-corrected chi connectivity index (χ2v) is 5.11. The van der Waals surface area contributed by atoms with E-state index < -0.39 is 0 Å². The number of carbonyl (C=O) groups excluding carboxylic acids is 1. The van der Waals surface area contributed by atoms with Crippen LogP contribution in [0.3, 0.4) is 0 Å². The molecule has 1 aromatic rings. The number of carbonyl (C=O) groups is 1. The van der Waals surface area contributed by atoms with Crippen molar-refractivity contribution in [1.29, 1.82) is 0 Å². The van der Waals surface area contributed by atoms with Crippen molar-refractivity contribution >= 4 is 5.91 Å². The van der Waals surface area contributed by atoms with Crippen molar-refractivity contribution < 1.29 is 9.53 Å². The number of nitrogens with one attached hydrogen (secondary N) is 1. The molecule has 1 heterocycles. The molecule has 0 aliphatic carbocycles. The van der Waals surface area contributed by atoms with Gasteiger partial charge in [0.05, 0.1) is 7.11 Å². The van der Waals surface area contributed by atoms with Gasteiger partial charge >= 0.3 is 0 Å². The van der Waals surface area contributed by atoms with E-state index in [4.69, 9.17) is 4.74 Å². The van der Waals surface area contributed by atoms with E-state index in [1.807, 2.05) is 30.1 Å². The normalized spacial score (nSPS) is 16.1. The fourth-order valence-corrected chi connectivity index (χ4v) is 2.51. The lowest BCUT2D eigenvalue weighted by Crippen LogP contribution is -2.37. The summed E-state index contributed by atoms with van der Waals surface area (Å²) in [5.74, 6) is 1.40. The number of hydrogen-bond acceptors (Lipinski definition) is 3. The Morgan fingerprint density at radius 2 is 2.16 bits per heavy atom. The van der Waals surface area contributed by atoms with Crippen molar-refractivity contribution in [3.63, 3.8) is 0 Å². The van der Waals surface area contributed by atoms with Crippen LogP contribution < -0.4 is 10.1 Å². The van der Waals surface area contributed by atoms with Crippen LogP contribution in [0, 0.1) is 5.92 Å². The topological polar surface area (TPSA) is 41.6 Å². The lowest BCUT2D eigenvalue weighted by atomic mass is 9.97. The molecule has 4 nitrogen and oxygen atoms in total. The van der Waals surface area contributed by atoms with E-state index in [0.717, 1.165) is 38.2 Å². The predicted molar refractivity (Wildman–Crippen MR) is 75.5 cm³/mol. The molecule has 0 aromatic heterocycles. The average molecular weight is 262 g/mol. The summed E-state index contributed by atoms with van der Waals surface area (Å²) in [5, 5.41) is 3.34. The Bertz CT molecular complexity index is 428. The van der Waals surface area contributed by atoms with Gasteiger partial charge in [-0.25, -0.2) is 0 Å². The highest BCUT2D eigenvalue weighted by Gasteiger charge is 2.19. The van der Waals surface area contributed by atoms with E-state index in [-0.39, 0.29) is 5.91 Å². The quantitative estimate of drug-likeness (QED) is 0.899. The van der Waals surface area contributed by atoms with Crippen molar-refractivity contribution in [3.8, 4) is 5.75 Å². The maximum absolute atomic E-state index is 12.3. The van der Waals surface area contributed by atoms with E-state index in [2.05, 4.69) is 5.32 Å². The van der Waals surface area contributed by atoms with E-state index in [0.29, 0.717) is 11.5 Å². The molecular weight excluding hydrogens is 240 g/mol. The summed E-state index contributed by atoms with van der Waals surface area (Å²) in [6, 6.07) is 7.33. The number of benzene rings is 1. The first-order chi connectivity index (χ1) is 9.20. The van der Waals surface area contributed by atoms with Crippen LogP contribution in [0.5, 0.6) is 5.75 Å². The smallest absolute Gasteiger partial charge is 0.253 e. The molecular formula is C15H22N2O2. The monoisotopic (exact) mass is 262 g/mol. The standard InChI is InChI=1S/C15H22N2O2/c1-17(11-12-6-8-16-9-7-12)15(18)13-4-3-5-14(10-13)19-2/h3-5,10,12,16H,6-9,11H2,1-2H3. The van der Waals surface area contributed by atoms with Crippen molar-refractivity contribution in [3.05, 3.63) is 29.8 Å². The number of piperidine rings is 1. The first-order valence-electron chi connectivity index (χ1n) is 6.81. The van der Waals surface area contributed by atoms with Gasteiger partial charge in [-0.1, -0.05) is 6.07 Å². The minimum absolute atomic E-state index is 0.0671. The molecule has 1 amide bonds. The molecule has 2 rings (SSSR count). The van der Waals surface area contributed by atoms with Gasteiger partial charge in [-0.05, 0) is 50.0 Å². The van der Waals surface area contributed by atoms with Crippen LogP contribution in [0.25, 0.3) is 0 Å². The molecule has 1 fully saturated rings. The van der Waals surface area contributed by atoms with Crippen LogP contribution in [-0.2, 0) is 0 Å². The number of amides is 1. The minimum Gasteiger partial charge on any atom is -0.497 e. The van der Waals surface area contributed by atoms with Gasteiger partial charge in [0.2, 0.25) is 0 Å². The Labute approximate surface area is 114 Å². The lowest BCUT2D eigenvalue weighted by Gasteiger charge is -2.27. The van der Waals surface area contributed by atoms with Gasteiger partial charge in [-0.2, -0.15) is 0 Å². The van der Waals surface area contributed by atoms with Crippen LogP contribution >= 0.6 is 0 Å². The van der Waals surface area contributed by atoms with E-state index >= 15 is 0 Å². The van der Waals surface area contributed by atoms with Crippen LogP contribution in [0.4, 0.5) is 0 Å². The summed E-state index contributed by atoms with van der Waals surface area (Å²) in [6.45, 7) is 2.95. The van der Waals surface area contributed by atoms with Gasteiger partial charge in [-0.15, -0.1) is 0 Å². The third-order valence-corrected chi connectivity index (χ3v) is 3.65. The third-order valence-electron chi connectivity index (χ3n) is 3.65. The number of ether oxygens (including phenoxy) is 1. The van der Waals surface area contributed by atoms with Crippen LogP contribution in [-0.4, -0.2) is 44.6 Å². The zero-order valence-electron chi connectivity index (χ0n) is 11.7. The van der Waals surface area contributed by atoms with Crippen LogP contribution in [0.15, 0.2) is 24.3 Å². The van der Waals surface area contributed by atoms with Crippen LogP contribution in [0.1, 0.15) is 23.2 Å². The molecule has 4 heteroatoms. The lowest BCUT2D eigenvalue weighted by molar-refractivity contribution is 0.0762. The Morgan fingerprint density at radius 1 is 1.42 bits per heavy atom. The molecule has 0 bridgehead atoms. The number of nitrogens with zero attached hydrogens (tertiary/aromatic N) is 1. The summed E-state index contributed by atoms with van der Waals surface area (Å²) < 4.78 is 5.16. The second-order valence-electron chi connectivity index (χ2n) is 5.11. The summed E-state index contributed by atoms with van der Waals surface area (Å²) in [5.41, 5.74) is 0.691. The fourth-order valence-electron chi connectivity index (χ4n) is 2.51. The molecule has 1 aliphatic heterocycles. The molecule has 1 N–H and O–H groups in total. The van der Waals surface area contributed by atoms with Crippen molar-refractivity contribution in [2.24, 2.45) is 5.92 Å². The summed E-state index contributed by atoms with van der Waals surface area (Å²) >= 11 is 0. The van der Waals surface area contributed by atoms with Crippen molar-refractivity contribution in [2.45, 2.75) is 12.8 Å². The molecule has 0 spiro atoms. The zero-order chi connectivity index (χ0) is 13.7. The second kappa shape index (κ2) is 6.57. The zero-order valence-corrected chi connectivity index (χ0v) is 11.7. The number of rotatable bonds is 4. The minimum atomic E-state index is 0.0671. The predicted octanol–water partition coefficient (Wildman–Crippen LogP) is 1.77. The van der Waals surface area contributed by atoms with Crippen molar-refractivity contribution in [1.82, 2.24) is 10.2 Å². The largest absolute Gasteiger partial charge is 0.497 e. The highest BCUT2D eigenvalue weighted by atomic mass is 16.5. The van der Waals surface area contributed by atoms with Gasteiger partial charge in [0.1, 0.15) is 5.75 Å². The fraction of sp³-hybridized carbons (Fsp3) is 0.533. The van der Waals surface area contributed by atoms with E-state index in [9.17, 15) is 4.79 Å². The third kappa shape index (κ3) is 3.70. The van der Waals surface area contributed by atoms with Gasteiger partial charge in [0.15, 0.2) is 0 Å². The van der Waals surface area contributed by atoms with E-state index in [1.54, 1.807) is 13.2 Å². The summed E-state index contributed by atoms with van der Waals surface area (Å²) in [4.78, 5) is 14.2. The molecule has 104 valence electrons. The Kier molecular flexibility index (Phi) is 4.80. The van der Waals surface area contributed by atoms with Crippen LogP contribution in [0.2, 0.25) is 0 Å².